The van der Waals surface area contributed by atoms with Crippen LogP contribution in [0.25, 0.3) is 0 Å². The maximum Gasteiger partial charge on any atom is 0.145 e. The second-order valence-corrected chi connectivity index (χ2v) is 5.08. The first kappa shape index (κ1) is 14.6. The predicted molar refractivity (Wildman–Crippen MR) is 75.8 cm³/mol. The van der Waals surface area contributed by atoms with Crippen molar-refractivity contribution in [2.24, 2.45) is 0 Å². The first-order valence-electron chi connectivity index (χ1n) is 5.94. The smallest absolute Gasteiger partial charge is 0.145 e. The zero-order chi connectivity index (χ0) is 14.5. The lowest BCUT2D eigenvalue weighted by molar-refractivity contribution is 0.582. The molecule has 0 unspecified atom stereocenters. The van der Waals surface area contributed by atoms with Crippen LogP contribution in [-0.4, -0.2) is 0 Å². The molecule has 2 nitrogen and oxygen atoms in total. The lowest BCUT2D eigenvalue weighted by atomic mass is 10.1. The molecule has 0 saturated heterocycles. The number of nitrogens with one attached hydrogen (secondary N) is 1. The van der Waals surface area contributed by atoms with Crippen molar-refractivity contribution in [2.75, 3.05) is 0 Å². The summed E-state index contributed by atoms with van der Waals surface area (Å²) >= 11 is 3.33. The zero-order valence-electron chi connectivity index (χ0n) is 10.5. The van der Waals surface area contributed by atoms with Crippen LogP contribution in [0.1, 0.15) is 16.7 Å². The number of halogens is 3. The minimum atomic E-state index is -0.513. The molecule has 0 bridgehead atoms. The third kappa shape index (κ3) is 3.41. The summed E-state index contributed by atoms with van der Waals surface area (Å²) in [6.07, 6.45) is 0. The maximum atomic E-state index is 13.8. The summed E-state index contributed by atoms with van der Waals surface area (Å²) in [5.74, 6) is -0.830. The Hall–Kier alpha value is -1.77. The topological polar surface area (TPSA) is 35.8 Å². The maximum absolute atomic E-state index is 13.8. The first-order valence-corrected chi connectivity index (χ1v) is 6.73. The fourth-order valence-corrected chi connectivity index (χ4v) is 2.20. The molecule has 0 aromatic heterocycles. The molecule has 5 heteroatoms. The summed E-state index contributed by atoms with van der Waals surface area (Å²) in [6, 6.07) is 10.9. The zero-order valence-corrected chi connectivity index (χ0v) is 12.0. The van der Waals surface area contributed by atoms with Gasteiger partial charge in [-0.1, -0.05) is 28.1 Å². The summed E-state index contributed by atoms with van der Waals surface area (Å²) in [7, 11) is 0. The van der Waals surface area contributed by atoms with Crippen LogP contribution < -0.4 is 5.32 Å². The van der Waals surface area contributed by atoms with Gasteiger partial charge in [0.25, 0.3) is 0 Å². The van der Waals surface area contributed by atoms with E-state index in [0.717, 1.165) is 10.0 Å². The normalized spacial score (nSPS) is 10.3. The van der Waals surface area contributed by atoms with Crippen LogP contribution in [-0.2, 0) is 13.1 Å². The van der Waals surface area contributed by atoms with Crippen LogP contribution in [0, 0.1) is 23.0 Å². The van der Waals surface area contributed by atoms with Gasteiger partial charge in [0.1, 0.15) is 17.7 Å². The van der Waals surface area contributed by atoms with Gasteiger partial charge in [-0.2, -0.15) is 5.26 Å². The molecule has 0 aliphatic carbocycles. The molecule has 0 saturated carbocycles. The Labute approximate surface area is 124 Å². The third-order valence-corrected chi connectivity index (χ3v) is 3.61. The van der Waals surface area contributed by atoms with E-state index in [9.17, 15) is 8.78 Å². The van der Waals surface area contributed by atoms with Crippen molar-refractivity contribution in [2.45, 2.75) is 13.1 Å². The minimum Gasteiger partial charge on any atom is -0.308 e. The van der Waals surface area contributed by atoms with Gasteiger partial charge in [0.2, 0.25) is 0 Å². The number of hydrogen-bond donors (Lipinski definition) is 1. The number of rotatable bonds is 4. The van der Waals surface area contributed by atoms with Crippen LogP contribution in [0.15, 0.2) is 40.9 Å². The highest BCUT2D eigenvalue weighted by Crippen LogP contribution is 2.18. The molecule has 102 valence electrons. The molecule has 0 fully saturated rings. The molecule has 0 radical (unpaired) electrons. The molecular weight excluding hydrogens is 326 g/mol. The average Bonchev–Trinajstić information content (AvgIpc) is 2.44. The Kier molecular flexibility index (Phi) is 4.83. The summed E-state index contributed by atoms with van der Waals surface area (Å²) in [5.41, 5.74) is 1.19. The van der Waals surface area contributed by atoms with Crippen molar-refractivity contribution < 1.29 is 8.78 Å². The van der Waals surface area contributed by atoms with Gasteiger partial charge in [0, 0.05) is 23.1 Å². The molecule has 0 aliphatic heterocycles. The Morgan fingerprint density at radius 2 is 1.85 bits per heavy atom. The largest absolute Gasteiger partial charge is 0.308 e. The van der Waals surface area contributed by atoms with E-state index in [1.807, 2.05) is 0 Å². The molecule has 0 heterocycles. The van der Waals surface area contributed by atoms with E-state index in [2.05, 4.69) is 21.2 Å². The standard InChI is InChI=1S/C15H11BrF2N2/c16-14-5-4-13(17)6-12(14)9-20-8-11-3-1-2-10(7-19)15(11)18/h1-6,20H,8-9H2. The van der Waals surface area contributed by atoms with E-state index in [1.54, 1.807) is 24.3 Å². The minimum absolute atomic E-state index is 0.0243. The van der Waals surface area contributed by atoms with Crippen LogP contribution in [0.3, 0.4) is 0 Å². The van der Waals surface area contributed by atoms with E-state index in [-0.39, 0.29) is 17.9 Å². The molecule has 20 heavy (non-hydrogen) atoms. The van der Waals surface area contributed by atoms with Crippen LogP contribution in [0.5, 0.6) is 0 Å². The van der Waals surface area contributed by atoms with E-state index in [4.69, 9.17) is 5.26 Å². The van der Waals surface area contributed by atoms with Gasteiger partial charge in [0.05, 0.1) is 5.56 Å². The molecule has 2 rings (SSSR count). The molecule has 1 N–H and O–H groups in total. The van der Waals surface area contributed by atoms with E-state index >= 15 is 0 Å². The Balaban J connectivity index is 2.03. The monoisotopic (exact) mass is 336 g/mol. The van der Waals surface area contributed by atoms with E-state index < -0.39 is 5.82 Å². The predicted octanol–water partition coefficient (Wildman–Crippen LogP) is 3.89. The van der Waals surface area contributed by atoms with Gasteiger partial charge in [-0.25, -0.2) is 8.78 Å². The third-order valence-electron chi connectivity index (χ3n) is 2.84. The fraction of sp³-hybridized carbons (Fsp3) is 0.133. The summed E-state index contributed by atoms with van der Waals surface area (Å²) < 4.78 is 27.7. The van der Waals surface area contributed by atoms with Gasteiger partial charge in [-0.05, 0) is 29.8 Å². The Morgan fingerprint density at radius 3 is 2.60 bits per heavy atom. The lowest BCUT2D eigenvalue weighted by Crippen LogP contribution is -2.14. The first-order chi connectivity index (χ1) is 9.61. The summed E-state index contributed by atoms with van der Waals surface area (Å²) in [6.45, 7) is 0.666. The van der Waals surface area contributed by atoms with E-state index in [1.165, 1.54) is 18.2 Å². The van der Waals surface area contributed by atoms with E-state index in [0.29, 0.717) is 12.1 Å². The van der Waals surface area contributed by atoms with Crippen LogP contribution >= 0.6 is 15.9 Å². The highest BCUT2D eigenvalue weighted by molar-refractivity contribution is 9.10. The van der Waals surface area contributed by atoms with Gasteiger partial charge in [-0.15, -0.1) is 0 Å². The molecule has 0 spiro atoms. The molecule has 0 amide bonds. The van der Waals surface area contributed by atoms with Crippen molar-refractivity contribution >= 4 is 15.9 Å². The van der Waals surface area contributed by atoms with Crippen molar-refractivity contribution in [3.8, 4) is 6.07 Å². The Bertz CT molecular complexity index is 665. The van der Waals surface area contributed by atoms with Crippen molar-refractivity contribution in [1.82, 2.24) is 5.32 Å². The van der Waals surface area contributed by atoms with Gasteiger partial charge in [-0.3, -0.25) is 0 Å². The Morgan fingerprint density at radius 1 is 1.10 bits per heavy atom. The lowest BCUT2D eigenvalue weighted by Gasteiger charge is -2.08. The molecular formula is C15H11BrF2N2. The second kappa shape index (κ2) is 6.60. The van der Waals surface area contributed by atoms with Crippen LogP contribution in [0.2, 0.25) is 0 Å². The molecule has 0 aliphatic rings. The van der Waals surface area contributed by atoms with Gasteiger partial charge in [0.15, 0.2) is 0 Å². The average molecular weight is 337 g/mol. The summed E-state index contributed by atoms with van der Waals surface area (Å²) in [5, 5.41) is 11.8. The van der Waals surface area contributed by atoms with Crippen molar-refractivity contribution in [1.29, 1.82) is 5.26 Å². The number of nitriles is 1. The molecule has 2 aromatic carbocycles. The summed E-state index contributed by atoms with van der Waals surface area (Å²) in [4.78, 5) is 0. The number of hydrogen-bond acceptors (Lipinski definition) is 2. The molecule has 2 aromatic rings. The van der Waals surface area contributed by atoms with Crippen molar-refractivity contribution in [3.63, 3.8) is 0 Å². The number of nitrogens with zero attached hydrogens (tertiary/aromatic N) is 1. The number of benzene rings is 2. The quantitative estimate of drug-likeness (QED) is 0.919. The fourth-order valence-electron chi connectivity index (χ4n) is 1.81. The van der Waals surface area contributed by atoms with Crippen molar-refractivity contribution in [3.05, 3.63) is 69.2 Å². The SMILES string of the molecule is N#Cc1cccc(CNCc2cc(F)ccc2Br)c1F. The second-order valence-electron chi connectivity index (χ2n) is 4.23. The highest BCUT2D eigenvalue weighted by atomic mass is 79.9. The van der Waals surface area contributed by atoms with Crippen LogP contribution in [0.4, 0.5) is 8.78 Å². The van der Waals surface area contributed by atoms with Gasteiger partial charge < -0.3 is 5.32 Å². The van der Waals surface area contributed by atoms with Gasteiger partial charge >= 0.3 is 0 Å². The highest BCUT2D eigenvalue weighted by Gasteiger charge is 2.07. The molecule has 0 atom stereocenters.